The largest absolute Gasteiger partial charge is 0.484 e. The molecule has 1 unspecified atom stereocenters. The molecule has 0 fully saturated rings. The summed E-state index contributed by atoms with van der Waals surface area (Å²) in [6.07, 6.45) is 3.33. The highest BCUT2D eigenvalue weighted by Crippen LogP contribution is 2.14. The number of ether oxygens (including phenoxy) is 1. The van der Waals surface area contributed by atoms with Crippen LogP contribution >= 0.6 is 0 Å². The van der Waals surface area contributed by atoms with Gasteiger partial charge < -0.3 is 15.8 Å². The van der Waals surface area contributed by atoms with E-state index in [2.05, 4.69) is 19.2 Å². The van der Waals surface area contributed by atoms with E-state index in [0.717, 1.165) is 12.8 Å². The van der Waals surface area contributed by atoms with Crippen LogP contribution in [0.15, 0.2) is 24.3 Å². The van der Waals surface area contributed by atoms with Crippen LogP contribution in [-0.2, 0) is 4.79 Å². The van der Waals surface area contributed by atoms with Crippen LogP contribution in [0.25, 0.3) is 0 Å². The Morgan fingerprint density at radius 1 is 1.30 bits per heavy atom. The number of benzene rings is 1. The molecule has 0 spiro atoms. The molecule has 1 aromatic carbocycles. The summed E-state index contributed by atoms with van der Waals surface area (Å²) in [5.41, 5.74) is 6.27. The molecule has 1 atom stereocenters. The molecule has 3 N–H and O–H groups in total. The van der Waals surface area contributed by atoms with Gasteiger partial charge in [-0.1, -0.05) is 32.8 Å². The fourth-order valence-electron chi connectivity index (χ4n) is 1.97. The van der Waals surface area contributed by atoms with Crippen molar-refractivity contribution in [3.63, 3.8) is 0 Å². The second kappa shape index (κ2) is 8.46. The van der Waals surface area contributed by atoms with Crippen molar-refractivity contribution in [1.29, 1.82) is 0 Å². The van der Waals surface area contributed by atoms with Gasteiger partial charge in [-0.05, 0) is 31.4 Å². The summed E-state index contributed by atoms with van der Waals surface area (Å²) in [7, 11) is 0. The Labute approximate surface area is 121 Å². The van der Waals surface area contributed by atoms with Gasteiger partial charge in [0.2, 0.25) is 0 Å². The molecule has 0 saturated carbocycles. The standard InChI is InChI=1S/C16H26N2O2/c1-12(2)6-4-7-13(3)18-16(19)11-20-15-9-5-8-14(17)10-15/h5,8-10,12-13H,4,6-7,11,17H2,1-3H3,(H,18,19). The maximum atomic E-state index is 11.7. The van der Waals surface area contributed by atoms with Crippen molar-refractivity contribution < 1.29 is 9.53 Å². The number of carbonyl (C=O) groups is 1. The van der Waals surface area contributed by atoms with Gasteiger partial charge in [0.25, 0.3) is 5.91 Å². The lowest BCUT2D eigenvalue weighted by molar-refractivity contribution is -0.123. The fraction of sp³-hybridized carbons (Fsp3) is 0.562. The predicted octanol–water partition coefficient (Wildman–Crippen LogP) is 2.98. The molecule has 20 heavy (non-hydrogen) atoms. The molecular weight excluding hydrogens is 252 g/mol. The third kappa shape index (κ3) is 7.02. The Morgan fingerprint density at radius 3 is 2.70 bits per heavy atom. The van der Waals surface area contributed by atoms with E-state index in [-0.39, 0.29) is 18.6 Å². The molecule has 4 heteroatoms. The van der Waals surface area contributed by atoms with E-state index in [9.17, 15) is 4.79 Å². The van der Waals surface area contributed by atoms with Crippen molar-refractivity contribution in [2.24, 2.45) is 5.92 Å². The zero-order chi connectivity index (χ0) is 15.0. The number of nitrogens with two attached hydrogens (primary N) is 1. The van der Waals surface area contributed by atoms with Crippen LogP contribution in [0.5, 0.6) is 5.75 Å². The van der Waals surface area contributed by atoms with Crippen molar-refractivity contribution >= 4 is 11.6 Å². The van der Waals surface area contributed by atoms with E-state index in [1.165, 1.54) is 6.42 Å². The maximum Gasteiger partial charge on any atom is 0.258 e. The number of amides is 1. The van der Waals surface area contributed by atoms with Crippen LogP contribution in [0.1, 0.15) is 40.0 Å². The van der Waals surface area contributed by atoms with E-state index in [1.807, 2.05) is 6.92 Å². The SMILES string of the molecule is CC(C)CCCC(C)NC(=O)COc1cccc(N)c1. The monoisotopic (exact) mass is 278 g/mol. The van der Waals surface area contributed by atoms with Crippen molar-refractivity contribution in [2.75, 3.05) is 12.3 Å². The first kappa shape index (κ1) is 16.3. The van der Waals surface area contributed by atoms with Crippen LogP contribution in [0.3, 0.4) is 0 Å². The van der Waals surface area contributed by atoms with Gasteiger partial charge in [-0.15, -0.1) is 0 Å². The molecule has 0 aromatic heterocycles. The third-order valence-electron chi connectivity index (χ3n) is 3.05. The number of anilines is 1. The second-order valence-corrected chi connectivity index (χ2v) is 5.65. The van der Waals surface area contributed by atoms with Crippen LogP contribution in [-0.4, -0.2) is 18.6 Å². The van der Waals surface area contributed by atoms with Crippen molar-refractivity contribution in [3.8, 4) is 5.75 Å². The van der Waals surface area contributed by atoms with Gasteiger partial charge in [0.15, 0.2) is 6.61 Å². The lowest BCUT2D eigenvalue weighted by Crippen LogP contribution is -2.36. The number of hydrogen-bond donors (Lipinski definition) is 2. The van der Waals surface area contributed by atoms with Gasteiger partial charge in [0.05, 0.1) is 0 Å². The molecule has 0 heterocycles. The van der Waals surface area contributed by atoms with Gasteiger partial charge in [-0.25, -0.2) is 0 Å². The first-order valence-corrected chi connectivity index (χ1v) is 7.25. The Bertz CT molecular complexity index is 419. The Kier molecular flexibility index (Phi) is 6.91. The number of hydrogen-bond acceptors (Lipinski definition) is 3. The minimum Gasteiger partial charge on any atom is -0.484 e. The van der Waals surface area contributed by atoms with Gasteiger partial charge in [0.1, 0.15) is 5.75 Å². The van der Waals surface area contributed by atoms with Crippen molar-refractivity contribution in [2.45, 2.75) is 46.1 Å². The Balaban J connectivity index is 2.22. The fourth-order valence-corrected chi connectivity index (χ4v) is 1.97. The normalized spacial score (nSPS) is 12.2. The molecule has 1 aromatic rings. The second-order valence-electron chi connectivity index (χ2n) is 5.65. The minimum absolute atomic E-state index is 0.0258. The molecule has 112 valence electrons. The molecule has 0 aliphatic heterocycles. The molecular formula is C16H26N2O2. The Hall–Kier alpha value is -1.71. The zero-order valence-corrected chi connectivity index (χ0v) is 12.7. The average molecular weight is 278 g/mol. The topological polar surface area (TPSA) is 64.3 Å². The van der Waals surface area contributed by atoms with Gasteiger partial charge in [0, 0.05) is 17.8 Å². The molecule has 0 aliphatic rings. The minimum atomic E-state index is -0.0931. The summed E-state index contributed by atoms with van der Waals surface area (Å²) in [6.45, 7) is 6.47. The Morgan fingerprint density at radius 2 is 2.05 bits per heavy atom. The highest BCUT2D eigenvalue weighted by molar-refractivity contribution is 5.77. The maximum absolute atomic E-state index is 11.7. The van der Waals surface area contributed by atoms with Crippen molar-refractivity contribution in [1.82, 2.24) is 5.32 Å². The number of nitrogens with one attached hydrogen (secondary N) is 1. The first-order valence-electron chi connectivity index (χ1n) is 7.25. The third-order valence-corrected chi connectivity index (χ3v) is 3.05. The van der Waals surface area contributed by atoms with Crippen molar-refractivity contribution in [3.05, 3.63) is 24.3 Å². The molecule has 0 aliphatic carbocycles. The van der Waals surface area contributed by atoms with Gasteiger partial charge in [-0.2, -0.15) is 0 Å². The molecule has 1 rings (SSSR count). The average Bonchev–Trinajstić information content (AvgIpc) is 2.36. The molecule has 1 amide bonds. The predicted molar refractivity (Wildman–Crippen MR) is 82.6 cm³/mol. The summed E-state index contributed by atoms with van der Waals surface area (Å²) < 4.78 is 5.40. The first-order chi connectivity index (χ1) is 9.47. The van der Waals surface area contributed by atoms with Crippen LogP contribution < -0.4 is 15.8 Å². The molecule has 0 saturated heterocycles. The summed E-state index contributed by atoms with van der Waals surface area (Å²) in [6, 6.07) is 7.27. The summed E-state index contributed by atoms with van der Waals surface area (Å²) in [5, 5.41) is 2.94. The summed E-state index contributed by atoms with van der Waals surface area (Å²) in [4.78, 5) is 11.7. The molecule has 0 bridgehead atoms. The van der Waals surface area contributed by atoms with E-state index < -0.39 is 0 Å². The lowest BCUT2D eigenvalue weighted by Gasteiger charge is -2.15. The van der Waals surface area contributed by atoms with Crippen LogP contribution in [0, 0.1) is 5.92 Å². The van der Waals surface area contributed by atoms with E-state index in [0.29, 0.717) is 17.4 Å². The summed E-state index contributed by atoms with van der Waals surface area (Å²) in [5.74, 6) is 1.24. The molecule has 4 nitrogen and oxygen atoms in total. The number of rotatable bonds is 8. The van der Waals surface area contributed by atoms with Crippen LogP contribution in [0.4, 0.5) is 5.69 Å². The van der Waals surface area contributed by atoms with E-state index >= 15 is 0 Å². The zero-order valence-electron chi connectivity index (χ0n) is 12.7. The van der Waals surface area contributed by atoms with E-state index in [1.54, 1.807) is 24.3 Å². The van der Waals surface area contributed by atoms with Gasteiger partial charge in [-0.3, -0.25) is 4.79 Å². The highest BCUT2D eigenvalue weighted by Gasteiger charge is 2.08. The number of nitrogen functional groups attached to an aromatic ring is 1. The summed E-state index contributed by atoms with van der Waals surface area (Å²) >= 11 is 0. The van der Waals surface area contributed by atoms with Gasteiger partial charge >= 0.3 is 0 Å². The smallest absolute Gasteiger partial charge is 0.258 e. The van der Waals surface area contributed by atoms with Crippen LogP contribution in [0.2, 0.25) is 0 Å². The molecule has 0 radical (unpaired) electrons. The van der Waals surface area contributed by atoms with E-state index in [4.69, 9.17) is 10.5 Å². The number of carbonyl (C=O) groups excluding carboxylic acids is 1. The quantitative estimate of drug-likeness (QED) is 0.718. The lowest BCUT2D eigenvalue weighted by atomic mass is 10.0. The highest BCUT2D eigenvalue weighted by atomic mass is 16.5.